The van der Waals surface area contributed by atoms with E-state index < -0.39 is 21.8 Å². The van der Waals surface area contributed by atoms with Gasteiger partial charge in [-0.05, 0) is 67.7 Å². The summed E-state index contributed by atoms with van der Waals surface area (Å²) < 4.78 is 66.7. The van der Waals surface area contributed by atoms with Crippen LogP contribution >= 0.6 is 0 Å². The normalized spacial score (nSPS) is 33.4. The fourth-order valence-corrected chi connectivity index (χ4v) is 7.72. The summed E-state index contributed by atoms with van der Waals surface area (Å²) in [5.41, 5.74) is -0.857. The summed E-state index contributed by atoms with van der Waals surface area (Å²) in [6, 6.07) is 3.61. The first-order chi connectivity index (χ1) is 13.6. The van der Waals surface area contributed by atoms with Crippen LogP contribution in [-0.2, 0) is 21.0 Å². The highest BCUT2D eigenvalue weighted by molar-refractivity contribution is 7.89. The summed E-state index contributed by atoms with van der Waals surface area (Å²) in [7, 11) is -3.88. The van der Waals surface area contributed by atoms with Gasteiger partial charge in [-0.25, -0.2) is 8.42 Å². The van der Waals surface area contributed by atoms with Crippen LogP contribution in [0.4, 0.5) is 13.2 Å². The molecule has 0 bridgehead atoms. The summed E-state index contributed by atoms with van der Waals surface area (Å²) in [5.74, 6) is 0.936. The smallest absolute Gasteiger partial charge is 0.299 e. The van der Waals surface area contributed by atoms with Crippen LogP contribution in [0.5, 0.6) is 0 Å². The lowest BCUT2D eigenvalue weighted by Crippen LogP contribution is -2.59. The third-order valence-electron chi connectivity index (χ3n) is 7.23. The summed E-state index contributed by atoms with van der Waals surface area (Å²) in [6.45, 7) is 2.35. The Morgan fingerprint density at radius 2 is 1.79 bits per heavy atom. The van der Waals surface area contributed by atoms with Gasteiger partial charge in [-0.15, -0.1) is 0 Å². The molecule has 3 aliphatic rings. The van der Waals surface area contributed by atoms with Gasteiger partial charge >= 0.3 is 6.18 Å². The zero-order valence-electron chi connectivity index (χ0n) is 16.4. The number of alkyl halides is 3. The summed E-state index contributed by atoms with van der Waals surface area (Å²) in [5, 5.41) is 0. The molecule has 2 saturated carbocycles. The molecule has 29 heavy (non-hydrogen) atoms. The van der Waals surface area contributed by atoms with Crippen LogP contribution in [-0.4, -0.2) is 31.1 Å². The van der Waals surface area contributed by atoms with Crippen LogP contribution in [0.2, 0.25) is 0 Å². The van der Waals surface area contributed by atoms with E-state index in [0.717, 1.165) is 49.9 Å². The van der Waals surface area contributed by atoms with Gasteiger partial charge in [0.25, 0.3) is 0 Å². The molecule has 8 heteroatoms. The van der Waals surface area contributed by atoms with E-state index in [4.69, 9.17) is 0 Å². The number of halogens is 3. The molecule has 5 atom stereocenters. The molecule has 0 spiro atoms. The Morgan fingerprint density at radius 3 is 2.41 bits per heavy atom. The lowest BCUT2D eigenvalue weighted by molar-refractivity contribution is -0.138. The van der Waals surface area contributed by atoms with Gasteiger partial charge in [-0.2, -0.15) is 17.5 Å². The van der Waals surface area contributed by atoms with Crippen molar-refractivity contribution < 1.29 is 26.4 Å². The van der Waals surface area contributed by atoms with Crippen LogP contribution in [0.25, 0.3) is 0 Å². The number of nitrogens with zero attached hydrogens (tertiary/aromatic N) is 1. The molecule has 160 valence electrons. The van der Waals surface area contributed by atoms with Crippen molar-refractivity contribution in [3.8, 4) is 0 Å². The predicted octanol–water partition coefficient (Wildman–Crippen LogP) is 4.50. The molecule has 1 heterocycles. The van der Waals surface area contributed by atoms with E-state index in [0.29, 0.717) is 25.2 Å². The number of Topliss-reactive ketones (excluding diaryl/α,β-unsaturated/α-hetero) is 1. The number of sulfonamides is 1. The lowest BCUT2D eigenvalue weighted by atomic mass is 9.56. The Bertz CT molecular complexity index is 881. The van der Waals surface area contributed by atoms with Crippen molar-refractivity contribution >= 4 is 15.8 Å². The Balaban J connectivity index is 1.65. The zero-order valence-corrected chi connectivity index (χ0v) is 17.2. The van der Waals surface area contributed by atoms with Crippen molar-refractivity contribution in [2.45, 2.75) is 62.6 Å². The second kappa shape index (κ2) is 7.38. The van der Waals surface area contributed by atoms with Gasteiger partial charge in [0.2, 0.25) is 10.0 Å². The number of ketones is 1. The zero-order chi connectivity index (χ0) is 21.0. The van der Waals surface area contributed by atoms with E-state index >= 15 is 0 Å². The number of rotatable bonds is 3. The number of piperidine rings is 1. The van der Waals surface area contributed by atoms with E-state index in [1.165, 1.54) is 4.31 Å². The van der Waals surface area contributed by atoms with Gasteiger partial charge in [0, 0.05) is 24.9 Å². The molecule has 0 N–H and O–H groups in total. The Kier molecular flexibility index (Phi) is 5.30. The van der Waals surface area contributed by atoms with Crippen LogP contribution < -0.4 is 0 Å². The highest BCUT2D eigenvalue weighted by atomic mass is 32.2. The van der Waals surface area contributed by atoms with Crippen molar-refractivity contribution in [2.75, 3.05) is 6.54 Å². The SMILES string of the molecule is CC[C@@H]1C(=O)C[C@H]2CCN(S(=O)(=O)c3ccc(C(F)(F)F)cc3)[C@H]3CCC[C@@H]1[C@H]23. The third kappa shape index (κ3) is 3.52. The average molecular weight is 430 g/mol. The van der Waals surface area contributed by atoms with E-state index in [-0.39, 0.29) is 34.6 Å². The molecule has 1 aromatic carbocycles. The van der Waals surface area contributed by atoms with Crippen molar-refractivity contribution in [2.24, 2.45) is 23.7 Å². The summed E-state index contributed by atoms with van der Waals surface area (Å²) in [6.07, 6.45) is 0.0375. The number of hydrogen-bond donors (Lipinski definition) is 0. The molecule has 0 radical (unpaired) electrons. The highest BCUT2D eigenvalue weighted by Gasteiger charge is 2.53. The number of benzene rings is 1. The second-order valence-electron chi connectivity index (χ2n) is 8.61. The fraction of sp³-hybridized carbons (Fsp3) is 0.667. The summed E-state index contributed by atoms with van der Waals surface area (Å²) >= 11 is 0. The van der Waals surface area contributed by atoms with Crippen LogP contribution in [0.15, 0.2) is 29.2 Å². The quantitative estimate of drug-likeness (QED) is 0.711. The van der Waals surface area contributed by atoms with Gasteiger partial charge < -0.3 is 0 Å². The molecule has 1 aromatic rings. The van der Waals surface area contributed by atoms with Crippen molar-refractivity contribution in [3.63, 3.8) is 0 Å². The van der Waals surface area contributed by atoms with Gasteiger partial charge in [0.05, 0.1) is 10.5 Å². The molecule has 1 aliphatic heterocycles. The standard InChI is InChI=1S/C21H26F3NO3S/c1-2-16-17-4-3-5-18-20(17)13(12-19(16)26)10-11-25(18)29(27,28)15-8-6-14(7-9-15)21(22,23)24/h6-9,13,16-18,20H,2-5,10-12H2,1H3/t13-,16+,17+,18+,20+/m1/s1. The van der Waals surface area contributed by atoms with Crippen LogP contribution in [0.1, 0.15) is 51.0 Å². The fourth-order valence-electron chi connectivity index (χ4n) is 6.02. The number of hydrogen-bond acceptors (Lipinski definition) is 3. The summed E-state index contributed by atoms with van der Waals surface area (Å²) in [4.78, 5) is 12.5. The first kappa shape index (κ1) is 20.8. The van der Waals surface area contributed by atoms with Crippen LogP contribution in [0, 0.1) is 23.7 Å². The van der Waals surface area contributed by atoms with Gasteiger partial charge in [0.1, 0.15) is 5.78 Å². The average Bonchev–Trinajstić information content (AvgIpc) is 2.67. The number of carbonyl (C=O) groups is 1. The largest absolute Gasteiger partial charge is 0.416 e. The molecule has 4 nitrogen and oxygen atoms in total. The predicted molar refractivity (Wildman–Crippen MR) is 101 cm³/mol. The van der Waals surface area contributed by atoms with Gasteiger partial charge in [0.15, 0.2) is 0 Å². The minimum Gasteiger partial charge on any atom is -0.299 e. The van der Waals surface area contributed by atoms with Gasteiger partial charge in [-0.3, -0.25) is 4.79 Å². The minimum atomic E-state index is -4.50. The van der Waals surface area contributed by atoms with Crippen molar-refractivity contribution in [1.29, 1.82) is 0 Å². The third-order valence-corrected chi connectivity index (χ3v) is 9.17. The highest BCUT2D eigenvalue weighted by Crippen LogP contribution is 2.52. The first-order valence-electron chi connectivity index (χ1n) is 10.4. The Hall–Kier alpha value is -1.41. The minimum absolute atomic E-state index is 0.00720. The van der Waals surface area contributed by atoms with E-state index in [2.05, 4.69) is 0 Å². The van der Waals surface area contributed by atoms with E-state index in [9.17, 15) is 26.4 Å². The van der Waals surface area contributed by atoms with Gasteiger partial charge in [-0.1, -0.05) is 13.3 Å². The molecule has 3 fully saturated rings. The molecule has 0 amide bonds. The maximum absolute atomic E-state index is 13.3. The van der Waals surface area contributed by atoms with E-state index in [1.54, 1.807) is 0 Å². The molecular weight excluding hydrogens is 403 g/mol. The van der Waals surface area contributed by atoms with Crippen molar-refractivity contribution in [3.05, 3.63) is 29.8 Å². The Labute approximate surface area is 169 Å². The lowest BCUT2D eigenvalue weighted by Gasteiger charge is -2.54. The number of carbonyl (C=O) groups excluding carboxylic acids is 1. The molecule has 2 aliphatic carbocycles. The van der Waals surface area contributed by atoms with Crippen LogP contribution in [0.3, 0.4) is 0 Å². The maximum Gasteiger partial charge on any atom is 0.416 e. The molecule has 1 saturated heterocycles. The molecule has 0 aromatic heterocycles. The monoisotopic (exact) mass is 429 g/mol. The Morgan fingerprint density at radius 1 is 1.10 bits per heavy atom. The molecule has 0 unspecified atom stereocenters. The maximum atomic E-state index is 13.3. The topological polar surface area (TPSA) is 54.5 Å². The second-order valence-corrected chi connectivity index (χ2v) is 10.5. The molecular formula is C21H26F3NO3S. The van der Waals surface area contributed by atoms with Crippen molar-refractivity contribution in [1.82, 2.24) is 4.31 Å². The molecule has 4 rings (SSSR count). The first-order valence-corrected chi connectivity index (χ1v) is 11.8. The van der Waals surface area contributed by atoms with E-state index in [1.807, 2.05) is 6.92 Å².